The number of halogens is 1. The standard InChI is InChI=1S/C7H15ClN2S/c1-6(8)7-9(2)4-5-10(7)11-3/h6-7H,4-5H2,1-3H3/t6-,7+/m0/s1. The zero-order chi connectivity index (χ0) is 8.43. The molecule has 4 heteroatoms. The van der Waals surface area contributed by atoms with Gasteiger partial charge in [0.25, 0.3) is 0 Å². The molecule has 1 rings (SSSR count). The van der Waals surface area contributed by atoms with Gasteiger partial charge in [0.05, 0.1) is 11.5 Å². The number of nitrogens with zero attached hydrogens (tertiary/aromatic N) is 2. The Kier molecular flexibility index (Phi) is 3.50. The summed E-state index contributed by atoms with van der Waals surface area (Å²) in [6.07, 6.45) is 2.51. The van der Waals surface area contributed by atoms with Crippen LogP contribution in [0.1, 0.15) is 6.92 Å². The summed E-state index contributed by atoms with van der Waals surface area (Å²) in [6.45, 7) is 4.30. The molecule has 11 heavy (non-hydrogen) atoms. The Bertz CT molecular complexity index is 132. The molecule has 0 saturated carbocycles. The molecule has 0 N–H and O–H groups in total. The van der Waals surface area contributed by atoms with Crippen molar-refractivity contribution in [2.45, 2.75) is 18.5 Å². The van der Waals surface area contributed by atoms with E-state index in [2.05, 4.69) is 29.4 Å². The summed E-state index contributed by atoms with van der Waals surface area (Å²) in [5, 5.41) is 0.204. The molecule has 0 amide bonds. The third kappa shape index (κ3) is 2.02. The van der Waals surface area contributed by atoms with Crippen molar-refractivity contribution in [3.63, 3.8) is 0 Å². The fourth-order valence-corrected chi connectivity index (χ4v) is 2.74. The van der Waals surface area contributed by atoms with Gasteiger partial charge in [0.1, 0.15) is 0 Å². The van der Waals surface area contributed by atoms with Gasteiger partial charge in [0.15, 0.2) is 0 Å². The summed E-state index contributed by atoms with van der Waals surface area (Å²) in [7, 11) is 2.12. The van der Waals surface area contributed by atoms with E-state index >= 15 is 0 Å². The average molecular weight is 195 g/mol. The van der Waals surface area contributed by atoms with Crippen molar-refractivity contribution in [2.24, 2.45) is 0 Å². The van der Waals surface area contributed by atoms with Crippen LogP contribution in [-0.2, 0) is 0 Å². The first-order valence-corrected chi connectivity index (χ1v) is 5.43. The fourth-order valence-electron chi connectivity index (χ4n) is 1.52. The Morgan fingerprint density at radius 2 is 2.18 bits per heavy atom. The van der Waals surface area contributed by atoms with E-state index in [1.54, 1.807) is 11.9 Å². The smallest absolute Gasteiger partial charge is 0.0882 e. The van der Waals surface area contributed by atoms with Crippen LogP contribution in [0, 0.1) is 0 Å². The Morgan fingerprint density at radius 1 is 1.55 bits per heavy atom. The Morgan fingerprint density at radius 3 is 2.55 bits per heavy atom. The Balaban J connectivity index is 2.56. The van der Waals surface area contributed by atoms with E-state index in [1.165, 1.54) is 0 Å². The van der Waals surface area contributed by atoms with Gasteiger partial charge >= 0.3 is 0 Å². The highest BCUT2D eigenvalue weighted by atomic mass is 35.5. The summed E-state index contributed by atoms with van der Waals surface area (Å²) in [6, 6.07) is 0. The molecule has 0 aromatic rings. The molecule has 1 aliphatic heterocycles. The van der Waals surface area contributed by atoms with Gasteiger partial charge in [-0.3, -0.25) is 4.90 Å². The number of likely N-dealkylation sites (N-methyl/N-ethyl adjacent to an activating group) is 1. The van der Waals surface area contributed by atoms with E-state index in [9.17, 15) is 0 Å². The van der Waals surface area contributed by atoms with E-state index in [4.69, 9.17) is 11.6 Å². The molecule has 1 heterocycles. The van der Waals surface area contributed by atoms with Crippen molar-refractivity contribution in [3.8, 4) is 0 Å². The molecule has 2 nitrogen and oxygen atoms in total. The van der Waals surface area contributed by atoms with Gasteiger partial charge in [-0.25, -0.2) is 4.31 Å². The minimum atomic E-state index is 0.204. The largest absolute Gasteiger partial charge is 0.288 e. The van der Waals surface area contributed by atoms with Crippen molar-refractivity contribution in [3.05, 3.63) is 0 Å². The second-order valence-electron chi connectivity index (χ2n) is 2.90. The quantitative estimate of drug-likeness (QED) is 0.486. The minimum absolute atomic E-state index is 0.204. The highest BCUT2D eigenvalue weighted by Gasteiger charge is 2.32. The molecule has 0 aromatic carbocycles. The van der Waals surface area contributed by atoms with Crippen molar-refractivity contribution >= 4 is 23.5 Å². The van der Waals surface area contributed by atoms with Crippen LogP contribution in [0.25, 0.3) is 0 Å². The first-order chi connectivity index (χ1) is 5.16. The third-order valence-corrected chi connectivity index (χ3v) is 3.16. The van der Waals surface area contributed by atoms with Crippen LogP contribution >= 0.6 is 23.5 Å². The Hall–Kier alpha value is 0.560. The number of hydrogen-bond donors (Lipinski definition) is 0. The van der Waals surface area contributed by atoms with E-state index in [1.807, 2.05) is 0 Å². The zero-order valence-corrected chi connectivity index (χ0v) is 8.82. The first-order valence-electron chi connectivity index (χ1n) is 3.82. The van der Waals surface area contributed by atoms with Gasteiger partial charge in [-0.1, -0.05) is 11.9 Å². The highest BCUT2D eigenvalue weighted by molar-refractivity contribution is 7.96. The van der Waals surface area contributed by atoms with Gasteiger partial charge in [-0.15, -0.1) is 11.6 Å². The van der Waals surface area contributed by atoms with Crippen molar-refractivity contribution in [1.82, 2.24) is 9.21 Å². The van der Waals surface area contributed by atoms with Gasteiger partial charge in [-0.2, -0.15) is 0 Å². The predicted octanol–water partition coefficient (Wildman–Crippen LogP) is 1.47. The number of rotatable bonds is 2. The molecule has 0 radical (unpaired) electrons. The third-order valence-electron chi connectivity index (χ3n) is 2.07. The van der Waals surface area contributed by atoms with E-state index in [-0.39, 0.29) is 5.38 Å². The SMILES string of the molecule is CSN1CCN(C)[C@H]1[C@H](C)Cl. The van der Waals surface area contributed by atoms with Gasteiger partial charge in [0, 0.05) is 13.1 Å². The lowest BCUT2D eigenvalue weighted by Crippen LogP contribution is -2.39. The molecular weight excluding hydrogens is 180 g/mol. The molecular formula is C7H15ClN2S. The maximum Gasteiger partial charge on any atom is 0.0882 e. The topological polar surface area (TPSA) is 6.48 Å². The average Bonchev–Trinajstić information content (AvgIpc) is 2.30. The van der Waals surface area contributed by atoms with Crippen LogP contribution in [0.2, 0.25) is 0 Å². The van der Waals surface area contributed by atoms with Crippen LogP contribution < -0.4 is 0 Å². The molecule has 1 saturated heterocycles. The molecule has 0 unspecified atom stereocenters. The van der Waals surface area contributed by atoms with Gasteiger partial charge in [0.2, 0.25) is 0 Å². The lowest BCUT2D eigenvalue weighted by molar-refractivity contribution is 0.240. The maximum atomic E-state index is 6.06. The van der Waals surface area contributed by atoms with E-state index < -0.39 is 0 Å². The molecule has 1 fully saturated rings. The highest BCUT2D eigenvalue weighted by Crippen LogP contribution is 2.24. The van der Waals surface area contributed by atoms with Crippen LogP contribution in [0.3, 0.4) is 0 Å². The zero-order valence-electron chi connectivity index (χ0n) is 7.25. The Labute approximate surface area is 78.0 Å². The van der Waals surface area contributed by atoms with Gasteiger partial charge in [-0.05, 0) is 20.2 Å². The van der Waals surface area contributed by atoms with Crippen LogP contribution in [-0.4, -0.2) is 47.1 Å². The molecule has 0 spiro atoms. The summed E-state index contributed by atoms with van der Waals surface area (Å²) >= 11 is 7.84. The fraction of sp³-hybridized carbons (Fsp3) is 1.00. The number of hydrogen-bond acceptors (Lipinski definition) is 3. The summed E-state index contributed by atoms with van der Waals surface area (Å²) in [5.74, 6) is 0. The van der Waals surface area contributed by atoms with E-state index in [0.29, 0.717) is 6.17 Å². The second-order valence-corrected chi connectivity index (χ2v) is 4.42. The van der Waals surface area contributed by atoms with Crippen molar-refractivity contribution < 1.29 is 0 Å². The molecule has 0 aromatic heterocycles. The van der Waals surface area contributed by atoms with Crippen LogP contribution in [0.4, 0.5) is 0 Å². The molecule has 0 bridgehead atoms. The van der Waals surface area contributed by atoms with Crippen LogP contribution in [0.15, 0.2) is 0 Å². The summed E-state index contributed by atoms with van der Waals surface area (Å²) in [4.78, 5) is 2.30. The first kappa shape index (κ1) is 9.65. The maximum absolute atomic E-state index is 6.06. The minimum Gasteiger partial charge on any atom is -0.288 e. The normalized spacial score (nSPS) is 31.1. The number of alkyl halides is 1. The second kappa shape index (κ2) is 3.99. The van der Waals surface area contributed by atoms with Crippen LogP contribution in [0.5, 0.6) is 0 Å². The molecule has 66 valence electrons. The van der Waals surface area contributed by atoms with Crippen molar-refractivity contribution in [2.75, 3.05) is 26.4 Å². The lowest BCUT2D eigenvalue weighted by atomic mass is 10.3. The molecule has 0 aliphatic carbocycles. The lowest BCUT2D eigenvalue weighted by Gasteiger charge is -2.27. The summed E-state index contributed by atoms with van der Waals surface area (Å²) in [5.41, 5.74) is 0. The molecule has 2 atom stereocenters. The summed E-state index contributed by atoms with van der Waals surface area (Å²) < 4.78 is 2.33. The van der Waals surface area contributed by atoms with E-state index in [0.717, 1.165) is 13.1 Å². The van der Waals surface area contributed by atoms with Crippen molar-refractivity contribution in [1.29, 1.82) is 0 Å². The molecule has 1 aliphatic rings. The van der Waals surface area contributed by atoms with Gasteiger partial charge < -0.3 is 0 Å². The monoisotopic (exact) mass is 194 g/mol. The predicted molar refractivity (Wildman–Crippen MR) is 52.0 cm³/mol.